The highest BCUT2D eigenvalue weighted by atomic mass is 16.5. The third-order valence-electron chi connectivity index (χ3n) is 2.88. The van der Waals surface area contributed by atoms with Crippen molar-refractivity contribution in [3.63, 3.8) is 0 Å². The molecule has 1 aliphatic rings. The Balaban J connectivity index is 1.86. The molecule has 1 N–H and O–H groups in total. The van der Waals surface area contributed by atoms with Crippen LogP contribution in [-0.4, -0.2) is 30.2 Å². The lowest BCUT2D eigenvalue weighted by Gasteiger charge is -2.07. The molecule has 15 heavy (non-hydrogen) atoms. The van der Waals surface area contributed by atoms with E-state index in [9.17, 15) is 0 Å². The SMILES string of the molecule is COc1cc(CC[C@H]2CCNC2)ncn1. The van der Waals surface area contributed by atoms with Gasteiger partial charge in [0.05, 0.1) is 7.11 Å². The van der Waals surface area contributed by atoms with Crippen molar-refractivity contribution in [2.75, 3.05) is 20.2 Å². The fourth-order valence-electron chi connectivity index (χ4n) is 1.94. The third-order valence-corrected chi connectivity index (χ3v) is 2.88. The van der Waals surface area contributed by atoms with Crippen LogP contribution in [0, 0.1) is 5.92 Å². The second-order valence-corrected chi connectivity index (χ2v) is 3.95. The number of methoxy groups -OCH3 is 1. The quantitative estimate of drug-likeness (QED) is 0.801. The summed E-state index contributed by atoms with van der Waals surface area (Å²) in [7, 11) is 1.63. The van der Waals surface area contributed by atoms with Crippen molar-refractivity contribution in [1.29, 1.82) is 0 Å². The molecule has 0 spiro atoms. The number of hydrogen-bond donors (Lipinski definition) is 1. The van der Waals surface area contributed by atoms with Crippen molar-refractivity contribution in [1.82, 2.24) is 15.3 Å². The highest BCUT2D eigenvalue weighted by Crippen LogP contribution is 2.16. The fourth-order valence-corrected chi connectivity index (χ4v) is 1.94. The van der Waals surface area contributed by atoms with Crippen molar-refractivity contribution in [2.45, 2.75) is 19.3 Å². The largest absolute Gasteiger partial charge is 0.481 e. The lowest BCUT2D eigenvalue weighted by Crippen LogP contribution is -2.09. The van der Waals surface area contributed by atoms with Gasteiger partial charge in [0.2, 0.25) is 5.88 Å². The van der Waals surface area contributed by atoms with Crippen LogP contribution in [0.2, 0.25) is 0 Å². The Bertz CT molecular complexity index is 310. The molecular formula is C11H17N3O. The maximum Gasteiger partial charge on any atom is 0.216 e. The summed E-state index contributed by atoms with van der Waals surface area (Å²) in [5.74, 6) is 1.47. The van der Waals surface area contributed by atoms with Crippen LogP contribution in [0.1, 0.15) is 18.5 Å². The van der Waals surface area contributed by atoms with Gasteiger partial charge in [-0.2, -0.15) is 0 Å². The van der Waals surface area contributed by atoms with Crippen LogP contribution >= 0.6 is 0 Å². The van der Waals surface area contributed by atoms with E-state index in [0.29, 0.717) is 5.88 Å². The van der Waals surface area contributed by atoms with Gasteiger partial charge in [-0.05, 0) is 38.3 Å². The van der Waals surface area contributed by atoms with E-state index < -0.39 is 0 Å². The first kappa shape index (κ1) is 10.4. The highest BCUT2D eigenvalue weighted by Gasteiger charge is 2.14. The third kappa shape index (κ3) is 2.89. The molecule has 0 radical (unpaired) electrons. The predicted molar refractivity (Wildman–Crippen MR) is 57.9 cm³/mol. The molecule has 0 aliphatic carbocycles. The minimum absolute atomic E-state index is 0.657. The molecule has 0 aromatic carbocycles. The van der Waals surface area contributed by atoms with Crippen molar-refractivity contribution in [2.24, 2.45) is 5.92 Å². The average Bonchev–Trinajstić information content (AvgIpc) is 2.79. The van der Waals surface area contributed by atoms with Gasteiger partial charge in [0, 0.05) is 11.8 Å². The molecule has 1 fully saturated rings. The van der Waals surface area contributed by atoms with Crippen molar-refractivity contribution < 1.29 is 4.74 Å². The van der Waals surface area contributed by atoms with E-state index in [1.165, 1.54) is 12.8 Å². The molecular weight excluding hydrogens is 190 g/mol. The highest BCUT2D eigenvalue weighted by molar-refractivity contribution is 5.13. The Morgan fingerprint density at radius 2 is 2.47 bits per heavy atom. The number of aryl methyl sites for hydroxylation is 1. The number of ether oxygens (including phenoxy) is 1. The van der Waals surface area contributed by atoms with Gasteiger partial charge in [0.1, 0.15) is 6.33 Å². The Kier molecular flexibility index (Phi) is 3.50. The van der Waals surface area contributed by atoms with Gasteiger partial charge >= 0.3 is 0 Å². The Morgan fingerprint density at radius 3 is 3.20 bits per heavy atom. The monoisotopic (exact) mass is 207 g/mol. The molecule has 1 aromatic rings. The zero-order valence-electron chi connectivity index (χ0n) is 9.07. The van der Waals surface area contributed by atoms with Crippen molar-refractivity contribution in [3.05, 3.63) is 18.1 Å². The molecule has 2 rings (SSSR count). The van der Waals surface area contributed by atoms with E-state index in [4.69, 9.17) is 4.74 Å². The molecule has 2 heterocycles. The van der Waals surface area contributed by atoms with Crippen LogP contribution in [0.25, 0.3) is 0 Å². The van der Waals surface area contributed by atoms with Crippen LogP contribution in [0.4, 0.5) is 0 Å². The Hall–Kier alpha value is -1.16. The first-order valence-electron chi connectivity index (χ1n) is 5.44. The van der Waals surface area contributed by atoms with Crippen LogP contribution in [-0.2, 0) is 6.42 Å². The van der Waals surface area contributed by atoms with Crippen LogP contribution < -0.4 is 10.1 Å². The molecule has 82 valence electrons. The summed E-state index contributed by atoms with van der Waals surface area (Å²) in [5.41, 5.74) is 1.08. The molecule has 0 unspecified atom stereocenters. The smallest absolute Gasteiger partial charge is 0.216 e. The second-order valence-electron chi connectivity index (χ2n) is 3.95. The van der Waals surface area contributed by atoms with Crippen LogP contribution in [0.3, 0.4) is 0 Å². The number of nitrogens with one attached hydrogen (secondary N) is 1. The molecule has 1 aromatic heterocycles. The zero-order valence-corrected chi connectivity index (χ0v) is 9.07. The fraction of sp³-hybridized carbons (Fsp3) is 0.636. The van der Waals surface area contributed by atoms with E-state index in [-0.39, 0.29) is 0 Å². The van der Waals surface area contributed by atoms with Crippen LogP contribution in [0.15, 0.2) is 12.4 Å². The molecule has 1 saturated heterocycles. The molecule has 1 atom stereocenters. The second kappa shape index (κ2) is 5.07. The molecule has 0 amide bonds. The lowest BCUT2D eigenvalue weighted by molar-refractivity contribution is 0.395. The molecule has 4 heteroatoms. The summed E-state index contributed by atoms with van der Waals surface area (Å²) >= 11 is 0. The maximum absolute atomic E-state index is 5.06. The summed E-state index contributed by atoms with van der Waals surface area (Å²) in [4.78, 5) is 8.23. The van der Waals surface area contributed by atoms with Gasteiger partial charge in [-0.15, -0.1) is 0 Å². The van der Waals surface area contributed by atoms with Crippen LogP contribution in [0.5, 0.6) is 5.88 Å². The van der Waals surface area contributed by atoms with Gasteiger partial charge in [-0.1, -0.05) is 0 Å². The Morgan fingerprint density at radius 1 is 1.53 bits per heavy atom. The zero-order chi connectivity index (χ0) is 10.5. The number of aromatic nitrogens is 2. The number of rotatable bonds is 4. The molecule has 4 nitrogen and oxygen atoms in total. The minimum atomic E-state index is 0.657. The maximum atomic E-state index is 5.06. The average molecular weight is 207 g/mol. The topological polar surface area (TPSA) is 47.0 Å². The van der Waals surface area contributed by atoms with Gasteiger partial charge in [-0.25, -0.2) is 9.97 Å². The first-order chi connectivity index (χ1) is 7.38. The van der Waals surface area contributed by atoms with Crippen molar-refractivity contribution >= 4 is 0 Å². The summed E-state index contributed by atoms with van der Waals surface area (Å²) in [6.07, 6.45) is 5.08. The summed E-state index contributed by atoms with van der Waals surface area (Å²) in [6, 6.07) is 1.92. The van der Waals surface area contributed by atoms with E-state index >= 15 is 0 Å². The lowest BCUT2D eigenvalue weighted by atomic mass is 10.0. The Labute approximate surface area is 90.1 Å². The van der Waals surface area contributed by atoms with E-state index in [2.05, 4.69) is 15.3 Å². The van der Waals surface area contributed by atoms with Gasteiger partial charge in [0.25, 0.3) is 0 Å². The summed E-state index contributed by atoms with van der Waals surface area (Å²) < 4.78 is 5.06. The molecule has 0 saturated carbocycles. The number of hydrogen-bond acceptors (Lipinski definition) is 4. The molecule has 1 aliphatic heterocycles. The minimum Gasteiger partial charge on any atom is -0.481 e. The predicted octanol–water partition coefficient (Wildman–Crippen LogP) is 1.03. The standard InChI is InChI=1S/C11H17N3O/c1-15-11-6-10(13-8-14-11)3-2-9-4-5-12-7-9/h6,8-9,12H,2-5,7H2,1H3/t9-/m0/s1. The summed E-state index contributed by atoms with van der Waals surface area (Å²) in [6.45, 7) is 2.32. The van der Waals surface area contributed by atoms with Gasteiger partial charge in [-0.3, -0.25) is 0 Å². The first-order valence-corrected chi connectivity index (χ1v) is 5.44. The van der Waals surface area contributed by atoms with E-state index in [1.807, 2.05) is 6.07 Å². The summed E-state index contributed by atoms with van der Waals surface area (Å²) in [5, 5.41) is 3.37. The van der Waals surface area contributed by atoms with Crippen molar-refractivity contribution in [3.8, 4) is 5.88 Å². The molecule has 0 bridgehead atoms. The van der Waals surface area contributed by atoms with E-state index in [1.54, 1.807) is 13.4 Å². The normalized spacial score (nSPS) is 20.5. The van der Waals surface area contributed by atoms with E-state index in [0.717, 1.165) is 31.1 Å². The number of nitrogens with zero attached hydrogens (tertiary/aromatic N) is 2. The van der Waals surface area contributed by atoms with Gasteiger partial charge < -0.3 is 10.1 Å². The van der Waals surface area contributed by atoms with Gasteiger partial charge in [0.15, 0.2) is 0 Å².